The lowest BCUT2D eigenvalue weighted by Crippen LogP contribution is -2.15. The zero-order chi connectivity index (χ0) is 16.3. The lowest BCUT2D eigenvalue weighted by Gasteiger charge is -2.16. The van der Waals surface area contributed by atoms with Crippen molar-refractivity contribution in [3.8, 4) is 0 Å². The minimum atomic E-state index is -4.86. The molecule has 0 spiro atoms. The molecule has 0 radical (unpaired) electrons. The summed E-state index contributed by atoms with van der Waals surface area (Å²) < 4.78 is 75.9. The Labute approximate surface area is 118 Å². The molecule has 0 amide bonds. The van der Waals surface area contributed by atoms with Gasteiger partial charge in [0.15, 0.2) is 0 Å². The summed E-state index contributed by atoms with van der Waals surface area (Å²) in [7, 11) is 0. The molecule has 0 unspecified atom stereocenters. The van der Waals surface area contributed by atoms with Gasteiger partial charge in [-0.05, 0) is 36.6 Å². The van der Waals surface area contributed by atoms with Gasteiger partial charge in [0.1, 0.15) is 0 Å². The summed E-state index contributed by atoms with van der Waals surface area (Å²) in [6.07, 6.45) is -9.11. The predicted molar refractivity (Wildman–Crippen MR) is 65.7 cm³/mol. The number of aliphatic hydroxyl groups excluding tert-OH is 1. The maximum Gasteiger partial charge on any atom is 0.416 e. The molecule has 0 heterocycles. The molecule has 120 valence electrons. The van der Waals surface area contributed by atoms with Crippen LogP contribution in [0.5, 0.6) is 0 Å². The van der Waals surface area contributed by atoms with Crippen LogP contribution in [-0.4, -0.2) is 11.2 Å². The number of hydrogen-bond donors (Lipinski definition) is 1. The molecule has 0 aliphatic rings. The molecule has 1 nitrogen and oxygen atoms in total. The number of alkyl halides is 6. The van der Waals surface area contributed by atoms with Gasteiger partial charge in [0.25, 0.3) is 0 Å². The summed E-state index contributed by atoms with van der Waals surface area (Å²) in [5, 5.41) is 9.66. The van der Waals surface area contributed by atoms with Crippen LogP contribution in [0.1, 0.15) is 42.9 Å². The van der Waals surface area contributed by atoms with Gasteiger partial charge < -0.3 is 5.11 Å². The largest absolute Gasteiger partial charge is 0.416 e. The minimum absolute atomic E-state index is 0.0852. The van der Waals surface area contributed by atoms with Crippen LogP contribution in [0.25, 0.3) is 0 Å². The van der Waals surface area contributed by atoms with Crippen LogP contribution >= 0.6 is 0 Å². The highest BCUT2D eigenvalue weighted by Crippen LogP contribution is 2.36. The second-order valence-electron chi connectivity index (χ2n) is 4.91. The van der Waals surface area contributed by atoms with Crippen LogP contribution in [-0.2, 0) is 18.8 Å². The molecular weight excluding hydrogens is 298 g/mol. The van der Waals surface area contributed by atoms with Gasteiger partial charge in [-0.15, -0.1) is 0 Å². The zero-order valence-corrected chi connectivity index (χ0v) is 11.4. The Morgan fingerprint density at radius 1 is 0.952 bits per heavy atom. The van der Waals surface area contributed by atoms with E-state index in [-0.39, 0.29) is 18.1 Å². The summed E-state index contributed by atoms with van der Waals surface area (Å²) in [6.45, 7) is 1.87. The Morgan fingerprint density at radius 3 is 1.81 bits per heavy atom. The van der Waals surface area contributed by atoms with Crippen LogP contribution < -0.4 is 0 Å². The first-order valence-corrected chi connectivity index (χ1v) is 6.50. The normalized spacial score (nSPS) is 14.3. The average Bonchev–Trinajstić information content (AvgIpc) is 2.34. The van der Waals surface area contributed by atoms with Crippen LogP contribution in [0.4, 0.5) is 26.3 Å². The molecule has 1 atom stereocenters. The second kappa shape index (κ2) is 6.68. The Balaban J connectivity index is 3.08. The van der Waals surface area contributed by atoms with E-state index >= 15 is 0 Å². The van der Waals surface area contributed by atoms with E-state index in [1.54, 1.807) is 0 Å². The summed E-state index contributed by atoms with van der Waals surface area (Å²) in [6, 6.07) is 1.40. The summed E-state index contributed by atoms with van der Waals surface area (Å²) in [5.74, 6) is 0. The molecule has 1 aromatic rings. The second-order valence-corrected chi connectivity index (χ2v) is 4.91. The fourth-order valence-electron chi connectivity index (χ4n) is 1.95. The first kappa shape index (κ1) is 17.8. The smallest absolute Gasteiger partial charge is 0.393 e. The van der Waals surface area contributed by atoms with Gasteiger partial charge in [-0.1, -0.05) is 19.8 Å². The Kier molecular flexibility index (Phi) is 5.67. The number of unbranched alkanes of at least 4 members (excludes halogenated alkanes) is 1. The molecule has 0 saturated heterocycles. The number of rotatable bonds is 5. The quantitative estimate of drug-likeness (QED) is 0.773. The molecule has 7 heteroatoms. The van der Waals surface area contributed by atoms with Crippen molar-refractivity contribution >= 4 is 0 Å². The highest BCUT2D eigenvalue weighted by atomic mass is 19.4. The minimum Gasteiger partial charge on any atom is -0.393 e. The lowest BCUT2D eigenvalue weighted by atomic mass is 9.98. The van der Waals surface area contributed by atoms with Gasteiger partial charge in [0.2, 0.25) is 0 Å². The summed E-state index contributed by atoms with van der Waals surface area (Å²) >= 11 is 0. The van der Waals surface area contributed by atoms with Crippen molar-refractivity contribution in [3.05, 3.63) is 34.9 Å². The van der Waals surface area contributed by atoms with Gasteiger partial charge >= 0.3 is 12.4 Å². The molecule has 0 aromatic heterocycles. The van der Waals surface area contributed by atoms with Crippen molar-refractivity contribution < 1.29 is 31.4 Å². The molecule has 0 saturated carbocycles. The van der Waals surface area contributed by atoms with Gasteiger partial charge in [0, 0.05) is 0 Å². The zero-order valence-electron chi connectivity index (χ0n) is 11.4. The van der Waals surface area contributed by atoms with Gasteiger partial charge in [0.05, 0.1) is 17.2 Å². The van der Waals surface area contributed by atoms with E-state index in [1.165, 1.54) is 0 Å². The van der Waals surface area contributed by atoms with Crippen LogP contribution in [0.15, 0.2) is 18.2 Å². The standard InChI is InChI=1S/C14H16F6O/c1-2-3-4-12(21)7-9-5-10(13(15,16)17)8-11(6-9)14(18,19)20/h5-6,8,12,21H,2-4,7H2,1H3/t12-/m0/s1. The van der Waals surface area contributed by atoms with Crippen molar-refractivity contribution in [2.75, 3.05) is 0 Å². The summed E-state index contributed by atoms with van der Waals surface area (Å²) in [4.78, 5) is 0. The van der Waals surface area contributed by atoms with Crippen LogP contribution in [0.2, 0.25) is 0 Å². The third kappa shape index (κ3) is 5.57. The van der Waals surface area contributed by atoms with E-state index in [2.05, 4.69) is 0 Å². The van der Waals surface area contributed by atoms with Crippen molar-refractivity contribution in [2.24, 2.45) is 0 Å². The van der Waals surface area contributed by atoms with Gasteiger partial charge in [-0.25, -0.2) is 0 Å². The fraction of sp³-hybridized carbons (Fsp3) is 0.571. The van der Waals surface area contributed by atoms with E-state index in [9.17, 15) is 31.4 Å². The van der Waals surface area contributed by atoms with E-state index < -0.39 is 29.6 Å². The highest BCUT2D eigenvalue weighted by molar-refractivity contribution is 5.34. The molecule has 0 aliphatic carbocycles. The summed E-state index contributed by atoms with van der Waals surface area (Å²) in [5.41, 5.74) is -2.87. The van der Waals surface area contributed by atoms with Gasteiger partial charge in [-0.3, -0.25) is 0 Å². The fourth-order valence-corrected chi connectivity index (χ4v) is 1.95. The SMILES string of the molecule is CCCC[C@H](O)Cc1cc(C(F)(F)F)cc(C(F)(F)F)c1. The van der Waals surface area contributed by atoms with Gasteiger partial charge in [-0.2, -0.15) is 26.3 Å². The highest BCUT2D eigenvalue weighted by Gasteiger charge is 2.36. The Hall–Kier alpha value is -1.24. The lowest BCUT2D eigenvalue weighted by molar-refractivity contribution is -0.143. The Morgan fingerprint density at radius 2 is 1.43 bits per heavy atom. The number of benzene rings is 1. The van der Waals surface area contributed by atoms with Crippen LogP contribution in [0, 0.1) is 0 Å². The molecule has 1 rings (SSSR count). The predicted octanol–water partition coefficient (Wildman–Crippen LogP) is 4.82. The molecule has 0 fully saturated rings. The molecule has 1 aromatic carbocycles. The molecule has 1 N–H and O–H groups in total. The molecular formula is C14H16F6O. The number of hydrogen-bond acceptors (Lipinski definition) is 1. The van der Waals surface area contributed by atoms with E-state index in [0.29, 0.717) is 25.0 Å². The first-order chi connectivity index (χ1) is 9.54. The Bertz CT molecular complexity index is 431. The molecule has 21 heavy (non-hydrogen) atoms. The third-order valence-corrected chi connectivity index (χ3v) is 3.01. The molecule has 0 aliphatic heterocycles. The third-order valence-electron chi connectivity index (χ3n) is 3.01. The van der Waals surface area contributed by atoms with Crippen molar-refractivity contribution in [1.82, 2.24) is 0 Å². The van der Waals surface area contributed by atoms with Crippen molar-refractivity contribution in [3.63, 3.8) is 0 Å². The molecule has 0 bridgehead atoms. The maximum atomic E-state index is 12.6. The average molecular weight is 314 g/mol. The van der Waals surface area contributed by atoms with Crippen molar-refractivity contribution in [2.45, 2.75) is 51.1 Å². The van der Waals surface area contributed by atoms with Crippen LogP contribution in [0.3, 0.4) is 0 Å². The topological polar surface area (TPSA) is 20.2 Å². The first-order valence-electron chi connectivity index (χ1n) is 6.50. The van der Waals surface area contributed by atoms with E-state index in [0.717, 1.165) is 6.42 Å². The maximum absolute atomic E-state index is 12.6. The van der Waals surface area contributed by atoms with Crippen molar-refractivity contribution in [1.29, 1.82) is 0 Å². The number of halogens is 6. The van der Waals surface area contributed by atoms with E-state index in [4.69, 9.17) is 0 Å². The van der Waals surface area contributed by atoms with E-state index in [1.807, 2.05) is 6.92 Å². The monoisotopic (exact) mass is 314 g/mol. The number of aliphatic hydroxyl groups is 1.